The Kier molecular flexibility index (Phi) is 7.84. The van der Waals surface area contributed by atoms with Crippen molar-refractivity contribution in [2.45, 2.75) is 6.54 Å². The van der Waals surface area contributed by atoms with Gasteiger partial charge in [0.1, 0.15) is 0 Å². The molecule has 0 unspecified atom stereocenters. The van der Waals surface area contributed by atoms with Gasteiger partial charge in [0.2, 0.25) is 11.5 Å². The predicted octanol–water partition coefficient (Wildman–Crippen LogP) is 5.47. The van der Waals surface area contributed by atoms with Crippen LogP contribution < -0.4 is 28.4 Å². The molecule has 0 radical (unpaired) electrons. The SMILES string of the molecule is COc1cc(Cn2c(-c3cc(OC)c(OC)c(OC)c3)nc3ccc(-c4ccc5n[se]nc5c4)cc32)cc(OC)c1OC. The third-order valence-corrected chi connectivity index (χ3v) is 8.49. The minimum atomic E-state index is -0.0839. The van der Waals surface area contributed by atoms with Crippen molar-refractivity contribution in [3.63, 3.8) is 0 Å². The zero-order valence-electron chi connectivity index (χ0n) is 24.6. The Labute approximate surface area is 254 Å². The summed E-state index contributed by atoms with van der Waals surface area (Å²) in [4.78, 5) is 5.09. The number of hydrogen-bond donors (Lipinski definition) is 0. The van der Waals surface area contributed by atoms with Crippen LogP contribution in [0.25, 0.3) is 44.6 Å². The van der Waals surface area contributed by atoms with Gasteiger partial charge < -0.3 is 28.4 Å². The molecule has 43 heavy (non-hydrogen) atoms. The van der Waals surface area contributed by atoms with E-state index in [1.807, 2.05) is 36.4 Å². The van der Waals surface area contributed by atoms with E-state index in [1.54, 1.807) is 42.7 Å². The van der Waals surface area contributed by atoms with Crippen LogP contribution in [-0.2, 0) is 6.54 Å². The number of imidazole rings is 1. The third-order valence-electron chi connectivity index (χ3n) is 7.32. The van der Waals surface area contributed by atoms with Crippen LogP contribution in [0.3, 0.4) is 0 Å². The van der Waals surface area contributed by atoms with Gasteiger partial charge in [0.25, 0.3) is 0 Å². The molecule has 0 amide bonds. The van der Waals surface area contributed by atoms with Crippen molar-refractivity contribution in [1.82, 2.24) is 17.5 Å². The minimum absolute atomic E-state index is 0.0839. The first-order chi connectivity index (χ1) is 21.0. The van der Waals surface area contributed by atoms with Gasteiger partial charge in [-0.3, -0.25) is 0 Å². The summed E-state index contributed by atoms with van der Waals surface area (Å²) in [6.45, 7) is 0.462. The Bertz CT molecular complexity index is 1900. The molecule has 11 heteroatoms. The van der Waals surface area contributed by atoms with E-state index in [4.69, 9.17) is 33.4 Å². The van der Waals surface area contributed by atoms with Crippen LogP contribution in [0.4, 0.5) is 0 Å². The molecule has 0 bridgehead atoms. The summed E-state index contributed by atoms with van der Waals surface area (Å²) in [5.41, 5.74) is 7.52. The monoisotopic (exact) mass is 646 g/mol. The fraction of sp³-hybridized carbons (Fsp3) is 0.219. The molecule has 2 aromatic heterocycles. The molecule has 6 rings (SSSR count). The minimum Gasteiger partial charge on any atom is -0.493 e. The molecule has 220 valence electrons. The van der Waals surface area contributed by atoms with Gasteiger partial charge in [0.15, 0.2) is 0 Å². The Morgan fingerprint density at radius 2 is 1.09 bits per heavy atom. The standard InChI is InChI=1S/C32H30N4O6Se/c1-37-26-11-18(12-27(38-2)30(26)41-5)17-36-25-14-20(19-7-9-22-24(13-19)35-43-34-22)8-10-23(25)33-32(36)21-15-28(39-3)31(42-6)29(16-21)40-4/h7-16H,17H2,1-6H3. The van der Waals surface area contributed by atoms with E-state index in [0.29, 0.717) is 41.0 Å². The Morgan fingerprint density at radius 1 is 0.558 bits per heavy atom. The van der Waals surface area contributed by atoms with Crippen molar-refractivity contribution in [3.05, 3.63) is 66.2 Å². The van der Waals surface area contributed by atoms with E-state index in [-0.39, 0.29) is 15.0 Å². The first-order valence-corrected chi connectivity index (χ1v) is 14.9. The molecule has 0 spiro atoms. The van der Waals surface area contributed by atoms with Crippen molar-refractivity contribution in [3.8, 4) is 57.0 Å². The molecule has 6 aromatic rings. The summed E-state index contributed by atoms with van der Waals surface area (Å²) in [6, 6.07) is 20.2. The van der Waals surface area contributed by atoms with Crippen LogP contribution in [0.1, 0.15) is 5.56 Å². The quantitative estimate of drug-likeness (QED) is 0.180. The van der Waals surface area contributed by atoms with Crippen LogP contribution in [0, 0.1) is 0 Å². The Morgan fingerprint density at radius 3 is 1.67 bits per heavy atom. The summed E-state index contributed by atoms with van der Waals surface area (Å²) in [5.74, 6) is 4.00. The number of nitrogens with zero attached hydrogens (tertiary/aromatic N) is 4. The summed E-state index contributed by atoms with van der Waals surface area (Å²) in [6.07, 6.45) is 0. The Balaban J connectivity index is 1.57. The number of methoxy groups -OCH3 is 6. The van der Waals surface area contributed by atoms with Crippen molar-refractivity contribution in [1.29, 1.82) is 0 Å². The van der Waals surface area contributed by atoms with Crippen molar-refractivity contribution >= 4 is 37.0 Å². The fourth-order valence-electron chi connectivity index (χ4n) is 5.26. The molecule has 4 aromatic carbocycles. The number of hydrogen-bond acceptors (Lipinski definition) is 9. The van der Waals surface area contributed by atoms with Crippen LogP contribution in [0.15, 0.2) is 60.7 Å². The predicted molar refractivity (Wildman–Crippen MR) is 165 cm³/mol. The molecule has 0 fully saturated rings. The maximum absolute atomic E-state index is 5.67. The topological polar surface area (TPSA) is 99.0 Å². The normalized spacial score (nSPS) is 11.1. The summed E-state index contributed by atoms with van der Waals surface area (Å²) in [5, 5.41) is 0. The van der Waals surface area contributed by atoms with E-state index in [1.165, 1.54) is 0 Å². The van der Waals surface area contributed by atoms with Gasteiger partial charge in [-0.15, -0.1) is 0 Å². The molecule has 0 N–H and O–H groups in total. The maximum atomic E-state index is 5.67. The molecular formula is C32H30N4O6Se. The van der Waals surface area contributed by atoms with Gasteiger partial charge in [0.05, 0.1) is 42.7 Å². The zero-order chi connectivity index (χ0) is 30.1. The van der Waals surface area contributed by atoms with Gasteiger partial charge in [-0.1, -0.05) is 0 Å². The number of fused-ring (bicyclic) bond motifs is 2. The van der Waals surface area contributed by atoms with Crippen molar-refractivity contribution in [2.24, 2.45) is 0 Å². The van der Waals surface area contributed by atoms with Gasteiger partial charge in [-0.2, -0.15) is 0 Å². The number of aromatic nitrogens is 4. The molecule has 0 aliphatic rings. The second-order valence-electron chi connectivity index (χ2n) is 9.64. The first kappa shape index (κ1) is 28.4. The summed E-state index contributed by atoms with van der Waals surface area (Å²) in [7, 11) is 9.60. The van der Waals surface area contributed by atoms with Gasteiger partial charge >= 0.3 is 173 Å². The van der Waals surface area contributed by atoms with Crippen LogP contribution in [0.2, 0.25) is 0 Å². The first-order valence-electron chi connectivity index (χ1n) is 13.3. The van der Waals surface area contributed by atoms with Gasteiger partial charge in [-0.25, -0.2) is 0 Å². The van der Waals surface area contributed by atoms with Crippen molar-refractivity contribution in [2.75, 3.05) is 42.7 Å². The van der Waals surface area contributed by atoms with E-state index < -0.39 is 0 Å². The average Bonchev–Trinajstić information content (AvgIpc) is 3.67. The van der Waals surface area contributed by atoms with Gasteiger partial charge in [-0.05, 0) is 0 Å². The molecular weight excluding hydrogens is 615 g/mol. The van der Waals surface area contributed by atoms with Crippen LogP contribution in [-0.4, -0.2) is 75.1 Å². The second-order valence-corrected chi connectivity index (χ2v) is 10.7. The zero-order valence-corrected chi connectivity index (χ0v) is 26.3. The molecule has 10 nitrogen and oxygen atoms in total. The molecule has 0 saturated heterocycles. The van der Waals surface area contributed by atoms with E-state index in [0.717, 1.165) is 50.1 Å². The smallest absolute Gasteiger partial charge is 0.493 e. The molecule has 0 aliphatic heterocycles. The number of rotatable bonds is 10. The fourth-order valence-corrected chi connectivity index (χ4v) is 6.35. The molecule has 0 atom stereocenters. The third kappa shape index (κ3) is 5.11. The van der Waals surface area contributed by atoms with Crippen LogP contribution >= 0.6 is 0 Å². The van der Waals surface area contributed by atoms with Crippen molar-refractivity contribution < 1.29 is 28.4 Å². The second kappa shape index (κ2) is 11.9. The van der Waals surface area contributed by atoms with E-state index in [2.05, 4.69) is 36.8 Å². The molecule has 2 heterocycles. The summed E-state index contributed by atoms with van der Waals surface area (Å²) >= 11 is -0.0839. The molecule has 0 aliphatic carbocycles. The van der Waals surface area contributed by atoms with Crippen LogP contribution in [0.5, 0.6) is 34.5 Å². The average molecular weight is 646 g/mol. The Hall–Kier alpha value is -4.73. The van der Waals surface area contributed by atoms with E-state index >= 15 is 0 Å². The van der Waals surface area contributed by atoms with E-state index in [9.17, 15) is 0 Å². The van der Waals surface area contributed by atoms with Gasteiger partial charge in [0, 0.05) is 0 Å². The number of ether oxygens (including phenoxy) is 6. The molecule has 0 saturated carbocycles. The summed E-state index contributed by atoms with van der Waals surface area (Å²) < 4.78 is 45.0. The number of benzene rings is 4.